The van der Waals surface area contributed by atoms with Crippen LogP contribution in [0.4, 0.5) is 0 Å². The van der Waals surface area contributed by atoms with Crippen LogP contribution in [-0.2, 0) is 12.8 Å². The SMILES string of the molecule is C=Cc1c(C=C)c(/C=C\C)n(-c2ccc(-n3c4c(c5cc6c(cc53)c3ccccc3n6-c3ccccc3)CCCC4)cc2)c1C=C. The Morgan fingerprint density at radius 2 is 1.15 bits per heavy atom. The van der Waals surface area contributed by atoms with Crippen molar-refractivity contribution >= 4 is 57.0 Å². The van der Waals surface area contributed by atoms with Crippen molar-refractivity contribution in [3.8, 4) is 17.1 Å². The lowest BCUT2D eigenvalue weighted by Gasteiger charge is -2.17. The number of para-hydroxylation sites is 2. The van der Waals surface area contributed by atoms with Gasteiger partial charge in [0, 0.05) is 50.0 Å². The lowest BCUT2D eigenvalue weighted by molar-refractivity contribution is 0.667. The maximum atomic E-state index is 4.15. The number of hydrogen-bond donors (Lipinski definition) is 0. The quantitative estimate of drug-likeness (QED) is 0.174. The summed E-state index contributed by atoms with van der Waals surface area (Å²) < 4.78 is 7.22. The van der Waals surface area contributed by atoms with E-state index in [1.807, 2.05) is 25.2 Å². The molecule has 0 unspecified atom stereocenters. The summed E-state index contributed by atoms with van der Waals surface area (Å²) in [6.45, 7) is 14.4. The average molecular weight is 596 g/mol. The summed E-state index contributed by atoms with van der Waals surface area (Å²) in [5.74, 6) is 0. The Hall–Kier alpha value is -5.54. The fourth-order valence-corrected chi connectivity index (χ4v) is 7.78. The van der Waals surface area contributed by atoms with Gasteiger partial charge in [-0.1, -0.05) is 74.4 Å². The molecule has 1 aliphatic carbocycles. The van der Waals surface area contributed by atoms with Gasteiger partial charge in [0.05, 0.1) is 27.9 Å². The zero-order chi connectivity index (χ0) is 31.4. The lowest BCUT2D eigenvalue weighted by atomic mass is 9.95. The van der Waals surface area contributed by atoms with Crippen molar-refractivity contribution in [3.05, 3.63) is 151 Å². The number of rotatable bonds is 7. The van der Waals surface area contributed by atoms with Crippen molar-refractivity contribution in [3.63, 3.8) is 0 Å². The summed E-state index contributed by atoms with van der Waals surface area (Å²) in [6, 6.07) is 33.5. The van der Waals surface area contributed by atoms with Crippen LogP contribution in [0.15, 0.2) is 117 Å². The van der Waals surface area contributed by atoms with E-state index in [9.17, 15) is 0 Å². The molecular weight excluding hydrogens is 558 g/mol. The summed E-state index contributed by atoms with van der Waals surface area (Å²) in [7, 11) is 0. The van der Waals surface area contributed by atoms with E-state index >= 15 is 0 Å². The molecule has 3 heterocycles. The average Bonchev–Trinajstić information content (AvgIpc) is 3.72. The van der Waals surface area contributed by atoms with Crippen LogP contribution in [0.25, 0.3) is 74.1 Å². The minimum atomic E-state index is 1.02. The molecule has 46 heavy (non-hydrogen) atoms. The van der Waals surface area contributed by atoms with Crippen LogP contribution in [0.2, 0.25) is 0 Å². The van der Waals surface area contributed by atoms with Gasteiger partial charge in [0.25, 0.3) is 0 Å². The monoisotopic (exact) mass is 595 g/mol. The Bertz CT molecular complexity index is 2350. The van der Waals surface area contributed by atoms with Gasteiger partial charge in [0.15, 0.2) is 0 Å². The lowest BCUT2D eigenvalue weighted by Crippen LogP contribution is -2.07. The molecule has 0 aliphatic heterocycles. The molecule has 0 spiro atoms. The van der Waals surface area contributed by atoms with Crippen LogP contribution in [0.3, 0.4) is 0 Å². The van der Waals surface area contributed by atoms with Gasteiger partial charge in [0.1, 0.15) is 0 Å². The Morgan fingerprint density at radius 1 is 0.543 bits per heavy atom. The largest absolute Gasteiger partial charge is 0.313 e. The second-order valence-electron chi connectivity index (χ2n) is 12.1. The molecule has 0 fully saturated rings. The van der Waals surface area contributed by atoms with E-state index < -0.39 is 0 Å². The van der Waals surface area contributed by atoms with Crippen LogP contribution < -0.4 is 0 Å². The molecule has 1 aliphatic rings. The minimum absolute atomic E-state index is 1.02. The highest BCUT2D eigenvalue weighted by molar-refractivity contribution is 6.14. The molecular formula is C43H37N3. The smallest absolute Gasteiger partial charge is 0.0548 e. The van der Waals surface area contributed by atoms with Gasteiger partial charge >= 0.3 is 0 Å². The molecule has 3 nitrogen and oxygen atoms in total. The maximum absolute atomic E-state index is 4.15. The number of aromatic nitrogens is 3. The van der Waals surface area contributed by atoms with Gasteiger partial charge in [-0.05, 0) is 105 Å². The van der Waals surface area contributed by atoms with Crippen LogP contribution in [0.5, 0.6) is 0 Å². The highest BCUT2D eigenvalue weighted by atomic mass is 15.0. The van der Waals surface area contributed by atoms with E-state index in [4.69, 9.17) is 0 Å². The fourth-order valence-electron chi connectivity index (χ4n) is 7.78. The first kappa shape index (κ1) is 28.0. The van der Waals surface area contributed by atoms with Gasteiger partial charge in [-0.25, -0.2) is 0 Å². The Morgan fingerprint density at radius 3 is 1.87 bits per heavy atom. The first-order chi connectivity index (χ1) is 22.7. The number of nitrogens with zero attached hydrogens (tertiary/aromatic N) is 3. The zero-order valence-electron chi connectivity index (χ0n) is 26.3. The summed E-state index contributed by atoms with van der Waals surface area (Å²) in [6.07, 6.45) is 14.6. The molecule has 0 radical (unpaired) electrons. The molecule has 0 atom stereocenters. The molecule has 224 valence electrons. The fraction of sp³-hybridized carbons (Fsp3) is 0.116. The van der Waals surface area contributed by atoms with Gasteiger partial charge < -0.3 is 13.7 Å². The Kier molecular flexibility index (Phi) is 6.76. The standard InChI is InChI=1S/C43H37N3/c1-5-16-39-33(7-3)32(6-2)38(8-4)44(39)30-23-25-31(26-24-30)46-41-22-15-13-20-35(41)37-27-42-36(28-43(37)46)34-19-12-14-21-40(34)45(42)29-17-10-9-11-18-29/h5-12,14,16-19,21,23-28H,2-4,13,15,20,22H2,1H3/b16-5-. The van der Waals surface area contributed by atoms with Crippen molar-refractivity contribution in [1.82, 2.24) is 13.7 Å². The van der Waals surface area contributed by atoms with Gasteiger partial charge in [-0.15, -0.1) is 0 Å². The normalized spacial score (nSPS) is 13.2. The zero-order valence-corrected chi connectivity index (χ0v) is 26.3. The van der Waals surface area contributed by atoms with Crippen molar-refractivity contribution in [1.29, 1.82) is 0 Å². The molecule has 0 saturated heterocycles. The molecule has 0 bridgehead atoms. The van der Waals surface area contributed by atoms with E-state index in [1.165, 1.54) is 68.2 Å². The predicted molar refractivity (Wildman–Crippen MR) is 199 cm³/mol. The van der Waals surface area contributed by atoms with E-state index in [0.717, 1.165) is 41.0 Å². The molecule has 0 saturated carbocycles. The first-order valence-electron chi connectivity index (χ1n) is 16.2. The van der Waals surface area contributed by atoms with E-state index in [-0.39, 0.29) is 0 Å². The third-order valence-electron chi connectivity index (χ3n) is 9.70. The number of hydrogen-bond acceptors (Lipinski definition) is 0. The number of benzene rings is 4. The molecule has 0 amide bonds. The molecule has 7 aromatic rings. The molecule has 0 N–H and O–H groups in total. The van der Waals surface area contributed by atoms with Gasteiger partial charge in [-0.2, -0.15) is 0 Å². The Balaban J connectivity index is 1.37. The summed E-state index contributed by atoms with van der Waals surface area (Å²) in [5, 5.41) is 3.93. The van der Waals surface area contributed by atoms with Crippen molar-refractivity contribution in [2.24, 2.45) is 0 Å². The van der Waals surface area contributed by atoms with Gasteiger partial charge in [0.2, 0.25) is 0 Å². The summed E-state index contributed by atoms with van der Waals surface area (Å²) in [5.41, 5.74) is 14.4. The van der Waals surface area contributed by atoms with Crippen LogP contribution in [-0.4, -0.2) is 13.7 Å². The summed E-state index contributed by atoms with van der Waals surface area (Å²) >= 11 is 0. The second kappa shape index (κ2) is 11.1. The minimum Gasteiger partial charge on any atom is -0.313 e. The van der Waals surface area contributed by atoms with Crippen LogP contribution in [0.1, 0.15) is 53.5 Å². The number of allylic oxidation sites excluding steroid dienone is 1. The van der Waals surface area contributed by atoms with E-state index in [1.54, 1.807) is 0 Å². The third kappa shape index (κ3) is 4.05. The van der Waals surface area contributed by atoms with E-state index in [2.05, 4.69) is 137 Å². The van der Waals surface area contributed by atoms with Gasteiger partial charge in [-0.3, -0.25) is 0 Å². The first-order valence-corrected chi connectivity index (χ1v) is 16.2. The molecule has 4 aromatic carbocycles. The molecule has 8 rings (SSSR count). The Labute approximate surface area is 270 Å². The van der Waals surface area contributed by atoms with Crippen LogP contribution in [0, 0.1) is 0 Å². The highest BCUT2D eigenvalue weighted by Gasteiger charge is 2.24. The van der Waals surface area contributed by atoms with Crippen molar-refractivity contribution in [2.75, 3.05) is 0 Å². The number of aryl methyl sites for hydroxylation is 1. The summed E-state index contributed by atoms with van der Waals surface area (Å²) in [4.78, 5) is 0. The topological polar surface area (TPSA) is 14.8 Å². The van der Waals surface area contributed by atoms with E-state index in [0.29, 0.717) is 0 Å². The van der Waals surface area contributed by atoms with Crippen molar-refractivity contribution < 1.29 is 0 Å². The molecule has 3 heteroatoms. The second-order valence-corrected chi connectivity index (χ2v) is 12.1. The number of fused-ring (bicyclic) bond motifs is 6. The predicted octanol–water partition coefficient (Wildman–Crippen LogP) is 11.4. The molecule has 3 aromatic heterocycles. The van der Waals surface area contributed by atoms with Crippen molar-refractivity contribution in [2.45, 2.75) is 32.6 Å². The maximum Gasteiger partial charge on any atom is 0.0548 e. The third-order valence-corrected chi connectivity index (χ3v) is 9.70. The van der Waals surface area contributed by atoms with Crippen LogP contribution >= 0.6 is 0 Å². The highest BCUT2D eigenvalue weighted by Crippen LogP contribution is 2.41.